The molecule has 116 valence electrons. The topological polar surface area (TPSA) is 55.4 Å². The number of rotatable bonds is 5. The van der Waals surface area contributed by atoms with Gasteiger partial charge in [-0.1, -0.05) is 6.42 Å². The number of carbonyl (C=O) groups excluding carboxylic acids is 2. The van der Waals surface area contributed by atoms with Crippen molar-refractivity contribution in [3.05, 3.63) is 16.0 Å². The van der Waals surface area contributed by atoms with Crippen LogP contribution in [0.25, 0.3) is 0 Å². The quantitative estimate of drug-likeness (QED) is 0.508. The highest BCUT2D eigenvalue weighted by Crippen LogP contribution is 2.38. The molecule has 2 rings (SSSR count). The summed E-state index contributed by atoms with van der Waals surface area (Å²) in [4.78, 5) is 25.2. The van der Waals surface area contributed by atoms with Crippen LogP contribution in [0, 0.1) is 0 Å². The van der Waals surface area contributed by atoms with E-state index in [0.29, 0.717) is 17.2 Å². The number of ether oxygens (including phenoxy) is 1. The summed E-state index contributed by atoms with van der Waals surface area (Å²) in [5.74, 6) is -0.226. The Bertz CT molecular complexity index is 527. The van der Waals surface area contributed by atoms with Crippen LogP contribution in [-0.2, 0) is 22.4 Å². The van der Waals surface area contributed by atoms with Crippen LogP contribution in [-0.4, -0.2) is 24.4 Å². The first kappa shape index (κ1) is 16.3. The van der Waals surface area contributed by atoms with Crippen LogP contribution in [0.15, 0.2) is 0 Å². The lowest BCUT2D eigenvalue weighted by Crippen LogP contribution is -2.15. The van der Waals surface area contributed by atoms with E-state index in [1.807, 2.05) is 0 Å². The smallest absolute Gasteiger partial charge is 0.341 e. The first-order chi connectivity index (χ1) is 10.2. The number of hydrogen-bond donors (Lipinski definition) is 1. The second-order valence-electron chi connectivity index (χ2n) is 4.98. The fourth-order valence-corrected chi connectivity index (χ4v) is 3.99. The van der Waals surface area contributed by atoms with Crippen molar-refractivity contribution in [3.63, 3.8) is 0 Å². The maximum absolute atomic E-state index is 12.3. The lowest BCUT2D eigenvalue weighted by molar-refractivity contribution is -0.115. The number of halogens is 1. The third kappa shape index (κ3) is 3.98. The zero-order chi connectivity index (χ0) is 15.2. The SMILES string of the molecule is CCOC(=O)c1c(NC(=O)CCCl)sc2c1CCCCC2. The normalized spacial score (nSPS) is 14.2. The van der Waals surface area contributed by atoms with Gasteiger partial charge in [0, 0.05) is 17.2 Å². The number of fused-ring (bicyclic) bond motifs is 1. The fraction of sp³-hybridized carbons (Fsp3) is 0.600. The summed E-state index contributed by atoms with van der Waals surface area (Å²) in [7, 11) is 0. The molecule has 0 radical (unpaired) electrons. The molecule has 0 fully saturated rings. The molecule has 0 aliphatic heterocycles. The molecule has 0 atom stereocenters. The predicted molar refractivity (Wildman–Crippen MR) is 85.5 cm³/mol. The Morgan fingerprint density at radius 3 is 2.76 bits per heavy atom. The van der Waals surface area contributed by atoms with Gasteiger partial charge in [-0.25, -0.2) is 4.79 Å². The first-order valence-corrected chi connectivity index (χ1v) is 8.70. The van der Waals surface area contributed by atoms with Crippen LogP contribution in [0.4, 0.5) is 5.00 Å². The minimum absolute atomic E-state index is 0.160. The van der Waals surface area contributed by atoms with E-state index in [0.717, 1.165) is 31.2 Å². The standard InChI is InChI=1S/C15H20ClNO3S/c1-2-20-15(19)13-10-6-4-3-5-7-11(10)21-14(13)17-12(18)8-9-16/h2-9H2,1H3,(H,17,18). The summed E-state index contributed by atoms with van der Waals surface area (Å²) in [6.07, 6.45) is 5.48. The molecule has 21 heavy (non-hydrogen) atoms. The van der Waals surface area contributed by atoms with Crippen LogP contribution < -0.4 is 5.32 Å². The molecule has 1 heterocycles. The van der Waals surface area contributed by atoms with Crippen molar-refractivity contribution < 1.29 is 14.3 Å². The Balaban J connectivity index is 2.34. The lowest BCUT2D eigenvalue weighted by Gasteiger charge is -2.08. The number of carbonyl (C=O) groups is 2. The number of nitrogens with one attached hydrogen (secondary N) is 1. The lowest BCUT2D eigenvalue weighted by atomic mass is 10.1. The molecular weight excluding hydrogens is 310 g/mol. The van der Waals surface area contributed by atoms with Crippen molar-refractivity contribution in [1.82, 2.24) is 0 Å². The molecule has 0 unspecified atom stereocenters. The molecule has 0 aromatic carbocycles. The molecule has 1 amide bonds. The molecule has 1 N–H and O–H groups in total. The van der Waals surface area contributed by atoms with Gasteiger partial charge < -0.3 is 10.1 Å². The number of amides is 1. The summed E-state index contributed by atoms with van der Waals surface area (Å²) in [5.41, 5.74) is 1.62. The number of hydrogen-bond acceptors (Lipinski definition) is 4. The van der Waals surface area contributed by atoms with Crippen molar-refractivity contribution in [3.8, 4) is 0 Å². The number of aryl methyl sites for hydroxylation is 1. The van der Waals surface area contributed by atoms with Crippen molar-refractivity contribution in [2.75, 3.05) is 17.8 Å². The summed E-state index contributed by atoms with van der Waals surface area (Å²) in [6, 6.07) is 0. The predicted octanol–water partition coefficient (Wildman–Crippen LogP) is 3.76. The van der Waals surface area contributed by atoms with Gasteiger partial charge in [0.1, 0.15) is 5.00 Å². The minimum Gasteiger partial charge on any atom is -0.462 e. The van der Waals surface area contributed by atoms with Crippen LogP contribution in [0.3, 0.4) is 0 Å². The van der Waals surface area contributed by atoms with Gasteiger partial charge in [0.2, 0.25) is 5.91 Å². The second-order valence-corrected chi connectivity index (χ2v) is 6.46. The molecule has 0 saturated carbocycles. The van der Waals surface area contributed by atoms with Gasteiger partial charge in [0.15, 0.2) is 0 Å². The highest BCUT2D eigenvalue weighted by Gasteiger charge is 2.26. The van der Waals surface area contributed by atoms with Crippen molar-refractivity contribution in [2.45, 2.75) is 45.4 Å². The van der Waals surface area contributed by atoms with Gasteiger partial charge >= 0.3 is 5.97 Å². The first-order valence-electron chi connectivity index (χ1n) is 7.34. The molecular formula is C15H20ClNO3S. The average Bonchev–Trinajstić information content (AvgIpc) is 2.61. The van der Waals surface area contributed by atoms with E-state index in [4.69, 9.17) is 16.3 Å². The van der Waals surface area contributed by atoms with E-state index < -0.39 is 0 Å². The molecule has 0 bridgehead atoms. The van der Waals surface area contributed by atoms with Gasteiger partial charge in [-0.15, -0.1) is 22.9 Å². The van der Waals surface area contributed by atoms with Gasteiger partial charge in [-0.2, -0.15) is 0 Å². The van der Waals surface area contributed by atoms with E-state index >= 15 is 0 Å². The summed E-state index contributed by atoms with van der Waals surface area (Å²) in [5, 5.41) is 3.44. The van der Waals surface area contributed by atoms with Gasteiger partial charge in [-0.3, -0.25) is 4.79 Å². The third-order valence-electron chi connectivity index (χ3n) is 3.48. The largest absolute Gasteiger partial charge is 0.462 e. The number of anilines is 1. The molecule has 1 aliphatic rings. The highest BCUT2D eigenvalue weighted by molar-refractivity contribution is 7.17. The zero-order valence-electron chi connectivity index (χ0n) is 12.2. The Hall–Kier alpha value is -1.07. The summed E-state index contributed by atoms with van der Waals surface area (Å²) < 4.78 is 5.17. The zero-order valence-corrected chi connectivity index (χ0v) is 13.7. The van der Waals surface area contributed by atoms with E-state index in [-0.39, 0.29) is 24.2 Å². The molecule has 1 aliphatic carbocycles. The van der Waals surface area contributed by atoms with Crippen LogP contribution >= 0.6 is 22.9 Å². The molecule has 1 aromatic heterocycles. The van der Waals surface area contributed by atoms with E-state index in [2.05, 4.69) is 5.32 Å². The number of alkyl halides is 1. The van der Waals surface area contributed by atoms with Crippen molar-refractivity contribution in [2.24, 2.45) is 0 Å². The van der Waals surface area contributed by atoms with Crippen LogP contribution in [0.2, 0.25) is 0 Å². The fourth-order valence-electron chi connectivity index (χ4n) is 2.52. The van der Waals surface area contributed by atoms with Gasteiger partial charge in [0.05, 0.1) is 12.2 Å². The Morgan fingerprint density at radius 1 is 1.29 bits per heavy atom. The maximum atomic E-state index is 12.3. The number of thiophene rings is 1. The Labute approximate surface area is 133 Å². The van der Waals surface area contributed by atoms with Gasteiger partial charge in [0.25, 0.3) is 0 Å². The molecule has 6 heteroatoms. The second kappa shape index (κ2) is 7.80. The summed E-state index contributed by atoms with van der Waals surface area (Å²) in [6.45, 7) is 2.12. The van der Waals surface area contributed by atoms with E-state index in [1.165, 1.54) is 22.6 Å². The minimum atomic E-state index is -0.335. The molecule has 1 aromatic rings. The highest BCUT2D eigenvalue weighted by atomic mass is 35.5. The van der Waals surface area contributed by atoms with Crippen molar-refractivity contribution >= 4 is 39.8 Å². The molecule has 0 spiro atoms. The van der Waals surface area contributed by atoms with Gasteiger partial charge in [-0.05, 0) is 38.2 Å². The third-order valence-corrected chi connectivity index (χ3v) is 4.87. The van der Waals surface area contributed by atoms with E-state index in [9.17, 15) is 9.59 Å². The van der Waals surface area contributed by atoms with Crippen LogP contribution in [0.5, 0.6) is 0 Å². The van der Waals surface area contributed by atoms with E-state index in [1.54, 1.807) is 6.92 Å². The Kier molecular flexibility index (Phi) is 6.06. The van der Waals surface area contributed by atoms with Crippen LogP contribution in [0.1, 0.15) is 53.4 Å². The molecule has 4 nitrogen and oxygen atoms in total. The maximum Gasteiger partial charge on any atom is 0.341 e. The molecule has 0 saturated heterocycles. The number of esters is 1. The van der Waals surface area contributed by atoms with Crippen molar-refractivity contribution in [1.29, 1.82) is 0 Å². The summed E-state index contributed by atoms with van der Waals surface area (Å²) >= 11 is 7.10. The average molecular weight is 330 g/mol. The Morgan fingerprint density at radius 2 is 2.05 bits per heavy atom. The monoisotopic (exact) mass is 329 g/mol.